The van der Waals surface area contributed by atoms with Crippen molar-refractivity contribution >= 4 is 0 Å². The van der Waals surface area contributed by atoms with E-state index in [0.29, 0.717) is 5.92 Å². The van der Waals surface area contributed by atoms with Gasteiger partial charge in [0.15, 0.2) is 0 Å². The van der Waals surface area contributed by atoms with Crippen molar-refractivity contribution in [1.29, 1.82) is 0 Å². The van der Waals surface area contributed by atoms with Crippen LogP contribution in [0.1, 0.15) is 52.9 Å². The highest BCUT2D eigenvalue weighted by Gasteiger charge is 2.07. The van der Waals surface area contributed by atoms with Crippen LogP contribution in [0.3, 0.4) is 0 Å². The van der Waals surface area contributed by atoms with Crippen LogP contribution in [0.15, 0.2) is 12.2 Å². The molecule has 0 saturated carbocycles. The molecular formula is C12H24O. The van der Waals surface area contributed by atoms with Gasteiger partial charge in [-0.3, -0.25) is 0 Å². The molecule has 0 aliphatic heterocycles. The van der Waals surface area contributed by atoms with Gasteiger partial charge in [0.1, 0.15) is 0 Å². The zero-order valence-corrected chi connectivity index (χ0v) is 9.34. The summed E-state index contributed by atoms with van der Waals surface area (Å²) in [7, 11) is 0. The van der Waals surface area contributed by atoms with Gasteiger partial charge in [0, 0.05) is 0 Å². The van der Waals surface area contributed by atoms with Gasteiger partial charge in [0.25, 0.3) is 0 Å². The maximum absolute atomic E-state index is 9.42. The van der Waals surface area contributed by atoms with Gasteiger partial charge < -0.3 is 5.11 Å². The van der Waals surface area contributed by atoms with Crippen molar-refractivity contribution in [3.05, 3.63) is 12.2 Å². The summed E-state index contributed by atoms with van der Waals surface area (Å²) in [5.41, 5.74) is 1.27. The fourth-order valence-electron chi connectivity index (χ4n) is 1.50. The molecule has 0 aromatic carbocycles. The monoisotopic (exact) mass is 184 g/mol. The van der Waals surface area contributed by atoms with Gasteiger partial charge in [-0.05, 0) is 38.5 Å². The Morgan fingerprint density at radius 3 is 2.54 bits per heavy atom. The van der Waals surface area contributed by atoms with E-state index < -0.39 is 0 Å². The lowest BCUT2D eigenvalue weighted by atomic mass is 9.95. The topological polar surface area (TPSA) is 20.2 Å². The van der Waals surface area contributed by atoms with Crippen LogP contribution >= 0.6 is 0 Å². The third-order valence-corrected chi connectivity index (χ3v) is 2.45. The molecule has 0 heterocycles. The Morgan fingerprint density at radius 1 is 1.46 bits per heavy atom. The van der Waals surface area contributed by atoms with Crippen LogP contribution in [0.25, 0.3) is 0 Å². The lowest BCUT2D eigenvalue weighted by Crippen LogP contribution is -2.10. The van der Waals surface area contributed by atoms with E-state index in [2.05, 4.69) is 20.4 Å². The first kappa shape index (κ1) is 12.7. The lowest BCUT2D eigenvalue weighted by Gasteiger charge is -2.14. The highest BCUT2D eigenvalue weighted by molar-refractivity contribution is 4.87. The number of aliphatic hydroxyl groups is 1. The SMILES string of the molecule is C=C(C)CCC[C@H](C)C[C@H](O)CC. The van der Waals surface area contributed by atoms with E-state index in [-0.39, 0.29) is 6.10 Å². The normalized spacial score (nSPS) is 15.4. The highest BCUT2D eigenvalue weighted by Crippen LogP contribution is 2.16. The Labute approximate surface area is 82.9 Å². The van der Waals surface area contributed by atoms with Crippen molar-refractivity contribution in [2.24, 2.45) is 5.92 Å². The van der Waals surface area contributed by atoms with E-state index in [0.717, 1.165) is 19.3 Å². The zero-order chi connectivity index (χ0) is 10.3. The van der Waals surface area contributed by atoms with Gasteiger partial charge in [0.2, 0.25) is 0 Å². The molecule has 78 valence electrons. The third-order valence-electron chi connectivity index (χ3n) is 2.45. The first-order valence-corrected chi connectivity index (χ1v) is 5.38. The summed E-state index contributed by atoms with van der Waals surface area (Å²) in [5, 5.41) is 9.42. The van der Waals surface area contributed by atoms with Gasteiger partial charge in [-0.1, -0.05) is 25.8 Å². The van der Waals surface area contributed by atoms with Gasteiger partial charge in [-0.2, -0.15) is 0 Å². The maximum atomic E-state index is 9.42. The summed E-state index contributed by atoms with van der Waals surface area (Å²) in [6, 6.07) is 0. The van der Waals surface area contributed by atoms with E-state index in [4.69, 9.17) is 0 Å². The fraction of sp³-hybridized carbons (Fsp3) is 0.833. The molecule has 1 nitrogen and oxygen atoms in total. The van der Waals surface area contributed by atoms with Crippen LogP contribution in [0, 0.1) is 5.92 Å². The molecule has 0 saturated heterocycles. The van der Waals surface area contributed by atoms with Crippen molar-refractivity contribution in [3.8, 4) is 0 Å². The number of aliphatic hydroxyl groups excluding tert-OH is 1. The Hall–Kier alpha value is -0.300. The van der Waals surface area contributed by atoms with Crippen LogP contribution in [-0.4, -0.2) is 11.2 Å². The smallest absolute Gasteiger partial charge is 0.0540 e. The second-order valence-corrected chi connectivity index (χ2v) is 4.25. The van der Waals surface area contributed by atoms with Gasteiger partial charge in [-0.15, -0.1) is 6.58 Å². The Morgan fingerprint density at radius 2 is 2.08 bits per heavy atom. The molecule has 2 atom stereocenters. The molecule has 0 rings (SSSR count). The minimum atomic E-state index is -0.0974. The minimum absolute atomic E-state index is 0.0974. The Kier molecular flexibility index (Phi) is 6.97. The van der Waals surface area contributed by atoms with Crippen molar-refractivity contribution in [2.75, 3.05) is 0 Å². The maximum Gasteiger partial charge on any atom is 0.0540 e. The van der Waals surface area contributed by atoms with Crippen LogP contribution in [0.4, 0.5) is 0 Å². The highest BCUT2D eigenvalue weighted by atomic mass is 16.3. The van der Waals surface area contributed by atoms with E-state index in [1.165, 1.54) is 18.4 Å². The molecule has 0 bridgehead atoms. The molecule has 0 fully saturated rings. The number of rotatable bonds is 7. The van der Waals surface area contributed by atoms with E-state index >= 15 is 0 Å². The average Bonchev–Trinajstić information content (AvgIpc) is 2.03. The Balaban J connectivity index is 3.39. The summed E-state index contributed by atoms with van der Waals surface area (Å²) in [4.78, 5) is 0. The number of hydrogen-bond acceptors (Lipinski definition) is 1. The molecule has 0 aromatic heterocycles. The van der Waals surface area contributed by atoms with E-state index in [1.54, 1.807) is 0 Å². The third kappa shape index (κ3) is 8.04. The molecular weight excluding hydrogens is 160 g/mol. The van der Waals surface area contributed by atoms with Crippen LogP contribution in [0.5, 0.6) is 0 Å². The molecule has 0 aliphatic carbocycles. The van der Waals surface area contributed by atoms with Gasteiger partial charge >= 0.3 is 0 Å². The van der Waals surface area contributed by atoms with Gasteiger partial charge in [0.05, 0.1) is 6.10 Å². The van der Waals surface area contributed by atoms with Crippen LogP contribution < -0.4 is 0 Å². The van der Waals surface area contributed by atoms with Crippen molar-refractivity contribution in [2.45, 2.75) is 59.0 Å². The molecule has 0 spiro atoms. The van der Waals surface area contributed by atoms with E-state index in [1.807, 2.05) is 6.92 Å². The van der Waals surface area contributed by atoms with Crippen molar-refractivity contribution in [1.82, 2.24) is 0 Å². The quantitative estimate of drug-likeness (QED) is 0.600. The fourth-order valence-corrected chi connectivity index (χ4v) is 1.50. The summed E-state index contributed by atoms with van der Waals surface area (Å²) < 4.78 is 0. The molecule has 1 heteroatoms. The van der Waals surface area contributed by atoms with Crippen LogP contribution in [-0.2, 0) is 0 Å². The summed E-state index contributed by atoms with van der Waals surface area (Å²) in [5.74, 6) is 0.647. The molecule has 0 aromatic rings. The number of allylic oxidation sites excluding steroid dienone is 1. The van der Waals surface area contributed by atoms with Crippen molar-refractivity contribution < 1.29 is 5.11 Å². The molecule has 0 unspecified atom stereocenters. The van der Waals surface area contributed by atoms with Crippen LogP contribution in [0.2, 0.25) is 0 Å². The standard InChI is InChI=1S/C12H24O/c1-5-12(13)9-11(4)8-6-7-10(2)3/h11-13H,2,5-9H2,1,3-4H3/t11-,12+/m0/s1. The predicted molar refractivity (Wildman–Crippen MR) is 58.7 cm³/mol. The largest absolute Gasteiger partial charge is 0.393 e. The second kappa shape index (κ2) is 7.14. The zero-order valence-electron chi connectivity index (χ0n) is 9.34. The molecule has 13 heavy (non-hydrogen) atoms. The molecule has 1 N–H and O–H groups in total. The predicted octanol–water partition coefficient (Wildman–Crippen LogP) is 3.53. The lowest BCUT2D eigenvalue weighted by molar-refractivity contribution is 0.139. The van der Waals surface area contributed by atoms with Crippen molar-refractivity contribution in [3.63, 3.8) is 0 Å². The summed E-state index contributed by atoms with van der Waals surface area (Å²) in [6.07, 6.45) is 5.29. The molecule has 0 aliphatic rings. The minimum Gasteiger partial charge on any atom is -0.393 e. The summed E-state index contributed by atoms with van der Waals surface area (Å²) in [6.45, 7) is 10.2. The second-order valence-electron chi connectivity index (χ2n) is 4.25. The summed E-state index contributed by atoms with van der Waals surface area (Å²) >= 11 is 0. The molecule has 0 amide bonds. The van der Waals surface area contributed by atoms with Gasteiger partial charge in [-0.25, -0.2) is 0 Å². The molecule has 0 radical (unpaired) electrons. The Bertz CT molecular complexity index is 140. The van der Waals surface area contributed by atoms with E-state index in [9.17, 15) is 5.11 Å². The number of hydrogen-bond donors (Lipinski definition) is 1. The average molecular weight is 184 g/mol. The first-order chi connectivity index (χ1) is 6.06. The first-order valence-electron chi connectivity index (χ1n) is 5.38.